The molecule has 1 aliphatic rings. The molecule has 0 saturated heterocycles. The molecule has 0 heterocycles. The van der Waals surface area contributed by atoms with Crippen molar-refractivity contribution < 1.29 is 0 Å². The summed E-state index contributed by atoms with van der Waals surface area (Å²) in [6.07, 6.45) is 9.12. The van der Waals surface area contributed by atoms with Gasteiger partial charge in [0.15, 0.2) is 0 Å². The van der Waals surface area contributed by atoms with E-state index in [0.29, 0.717) is 7.92 Å². The Hall–Kier alpha value is 0.430. The zero-order valence-corrected chi connectivity index (χ0v) is 8.16. The second kappa shape index (κ2) is 4.34. The van der Waals surface area contributed by atoms with E-state index >= 15 is 0 Å². The zero-order chi connectivity index (χ0) is 7.40. The fraction of sp³-hybridized carbons (Fsp3) is 1.00. The first kappa shape index (κ1) is 8.53. The molecule has 1 fully saturated rings. The van der Waals surface area contributed by atoms with Crippen molar-refractivity contribution in [1.82, 2.24) is 0 Å². The molecule has 0 unspecified atom stereocenters. The average molecular weight is 158 g/mol. The van der Waals surface area contributed by atoms with Crippen molar-refractivity contribution >= 4 is 7.92 Å². The van der Waals surface area contributed by atoms with E-state index in [2.05, 4.69) is 13.3 Å². The molecule has 0 N–H and O–H groups in total. The van der Waals surface area contributed by atoms with Crippen molar-refractivity contribution in [3.8, 4) is 0 Å². The molecule has 1 aliphatic carbocycles. The normalized spacial score (nSPS) is 20.7. The van der Waals surface area contributed by atoms with Gasteiger partial charge in [-0.15, -0.1) is 7.92 Å². The second-order valence-electron chi connectivity index (χ2n) is 3.74. The summed E-state index contributed by atoms with van der Waals surface area (Å²) in [5.41, 5.74) is 0. The van der Waals surface area contributed by atoms with Gasteiger partial charge >= 0.3 is 0 Å². The summed E-state index contributed by atoms with van der Waals surface area (Å²) in [5.74, 6) is 1.12. The summed E-state index contributed by atoms with van der Waals surface area (Å²) in [6, 6.07) is 0. The Morgan fingerprint density at radius 2 is 1.80 bits per heavy atom. The molecule has 0 nitrogen and oxygen atoms in total. The molecule has 0 aliphatic heterocycles. The van der Waals surface area contributed by atoms with Gasteiger partial charge in [-0.05, 0) is 31.8 Å². The highest BCUT2D eigenvalue weighted by Gasteiger charge is 2.14. The van der Waals surface area contributed by atoms with Crippen molar-refractivity contribution in [2.45, 2.75) is 32.1 Å². The summed E-state index contributed by atoms with van der Waals surface area (Å²) in [6.45, 7) is 4.79. The lowest BCUT2D eigenvalue weighted by Gasteiger charge is -2.10. The van der Waals surface area contributed by atoms with Gasteiger partial charge in [0.05, 0.1) is 0 Å². The van der Waals surface area contributed by atoms with Gasteiger partial charge in [-0.2, -0.15) is 0 Å². The predicted octanol–water partition coefficient (Wildman–Crippen LogP) is 3.31. The minimum atomic E-state index is 0.383. The lowest BCUT2D eigenvalue weighted by Crippen LogP contribution is -1.95. The summed E-state index contributed by atoms with van der Waals surface area (Å²) < 4.78 is 0. The summed E-state index contributed by atoms with van der Waals surface area (Å²) in [7, 11) is 0.383. The molecular weight excluding hydrogens is 139 g/mol. The molecular formula is C9H19P. The first-order valence-corrected chi connectivity index (χ1v) is 6.86. The highest BCUT2D eigenvalue weighted by atomic mass is 31.1. The van der Waals surface area contributed by atoms with Gasteiger partial charge in [0.2, 0.25) is 0 Å². The molecule has 0 aromatic rings. The van der Waals surface area contributed by atoms with Crippen LogP contribution in [-0.4, -0.2) is 19.5 Å². The van der Waals surface area contributed by atoms with Gasteiger partial charge in [0, 0.05) is 0 Å². The van der Waals surface area contributed by atoms with E-state index in [4.69, 9.17) is 0 Å². The van der Waals surface area contributed by atoms with Crippen molar-refractivity contribution in [3.63, 3.8) is 0 Å². The van der Waals surface area contributed by atoms with Crippen LogP contribution in [0.2, 0.25) is 0 Å². The Labute approximate surface area is 66.2 Å². The van der Waals surface area contributed by atoms with Gasteiger partial charge in [-0.1, -0.05) is 25.7 Å². The van der Waals surface area contributed by atoms with Crippen molar-refractivity contribution in [2.24, 2.45) is 5.92 Å². The third-order valence-corrected chi connectivity index (χ3v) is 3.61. The van der Waals surface area contributed by atoms with Gasteiger partial charge in [0.25, 0.3) is 0 Å². The van der Waals surface area contributed by atoms with Gasteiger partial charge in [-0.25, -0.2) is 0 Å². The third kappa shape index (κ3) is 3.01. The van der Waals surface area contributed by atoms with Crippen LogP contribution in [-0.2, 0) is 0 Å². The van der Waals surface area contributed by atoms with Crippen molar-refractivity contribution in [2.75, 3.05) is 19.5 Å². The molecule has 0 aromatic heterocycles. The molecule has 1 rings (SSSR count). The SMILES string of the molecule is CP(C)CCC1CCCC1. The molecule has 0 amide bonds. The number of hydrogen-bond donors (Lipinski definition) is 0. The van der Waals surface area contributed by atoms with Crippen LogP contribution < -0.4 is 0 Å². The molecule has 1 heteroatoms. The molecule has 60 valence electrons. The highest BCUT2D eigenvalue weighted by Crippen LogP contribution is 2.33. The fourth-order valence-corrected chi connectivity index (χ4v) is 2.62. The topological polar surface area (TPSA) is 0 Å². The van der Waals surface area contributed by atoms with E-state index in [0.717, 1.165) is 5.92 Å². The monoisotopic (exact) mass is 158 g/mol. The average Bonchev–Trinajstić information content (AvgIpc) is 2.34. The van der Waals surface area contributed by atoms with E-state index in [1.54, 1.807) is 0 Å². The minimum Gasteiger partial charge on any atom is -0.113 e. The van der Waals surface area contributed by atoms with Crippen LogP contribution in [0.3, 0.4) is 0 Å². The molecule has 10 heavy (non-hydrogen) atoms. The van der Waals surface area contributed by atoms with E-state index < -0.39 is 0 Å². The highest BCUT2D eigenvalue weighted by molar-refractivity contribution is 7.55. The van der Waals surface area contributed by atoms with Crippen molar-refractivity contribution in [1.29, 1.82) is 0 Å². The molecule has 0 atom stereocenters. The maximum absolute atomic E-state index is 2.39. The smallest absolute Gasteiger partial charge is 0.0328 e. The molecule has 0 spiro atoms. The zero-order valence-electron chi connectivity index (χ0n) is 7.27. The number of hydrogen-bond acceptors (Lipinski definition) is 0. The van der Waals surface area contributed by atoms with E-state index in [9.17, 15) is 0 Å². The van der Waals surface area contributed by atoms with Crippen molar-refractivity contribution in [3.05, 3.63) is 0 Å². The number of rotatable bonds is 3. The quantitative estimate of drug-likeness (QED) is 0.553. The van der Waals surface area contributed by atoms with Crippen LogP contribution in [0.1, 0.15) is 32.1 Å². The predicted molar refractivity (Wildman–Crippen MR) is 50.2 cm³/mol. The molecule has 0 radical (unpaired) electrons. The molecule has 1 saturated carbocycles. The Morgan fingerprint density at radius 1 is 1.20 bits per heavy atom. The lowest BCUT2D eigenvalue weighted by molar-refractivity contribution is 0.534. The standard InChI is InChI=1S/C9H19P/c1-10(2)8-7-9-5-3-4-6-9/h9H,3-8H2,1-2H3. The Morgan fingerprint density at radius 3 is 2.30 bits per heavy atom. The summed E-state index contributed by atoms with van der Waals surface area (Å²) in [5, 5.41) is 0. The van der Waals surface area contributed by atoms with E-state index in [1.807, 2.05) is 0 Å². The van der Waals surface area contributed by atoms with Crippen LogP contribution in [0.25, 0.3) is 0 Å². The second-order valence-corrected chi connectivity index (χ2v) is 6.35. The third-order valence-electron chi connectivity index (χ3n) is 2.46. The van der Waals surface area contributed by atoms with Gasteiger partial charge in [-0.3, -0.25) is 0 Å². The summed E-state index contributed by atoms with van der Waals surface area (Å²) >= 11 is 0. The fourth-order valence-electron chi connectivity index (χ4n) is 1.74. The molecule has 0 aromatic carbocycles. The van der Waals surface area contributed by atoms with Crippen LogP contribution in [0.15, 0.2) is 0 Å². The molecule has 0 bridgehead atoms. The van der Waals surface area contributed by atoms with E-state index in [1.165, 1.54) is 38.3 Å². The van der Waals surface area contributed by atoms with Crippen LogP contribution in [0.5, 0.6) is 0 Å². The van der Waals surface area contributed by atoms with Crippen LogP contribution in [0.4, 0.5) is 0 Å². The Bertz CT molecular complexity index is 82.7. The minimum absolute atomic E-state index is 0.383. The summed E-state index contributed by atoms with van der Waals surface area (Å²) in [4.78, 5) is 0. The van der Waals surface area contributed by atoms with Gasteiger partial charge < -0.3 is 0 Å². The Kier molecular flexibility index (Phi) is 3.70. The van der Waals surface area contributed by atoms with Gasteiger partial charge in [0.1, 0.15) is 0 Å². The van der Waals surface area contributed by atoms with E-state index in [-0.39, 0.29) is 0 Å². The maximum atomic E-state index is 2.39. The van der Waals surface area contributed by atoms with Crippen LogP contribution >= 0.6 is 7.92 Å². The Balaban J connectivity index is 2.01. The maximum Gasteiger partial charge on any atom is -0.0328 e. The van der Waals surface area contributed by atoms with Crippen LogP contribution in [0, 0.1) is 5.92 Å². The largest absolute Gasteiger partial charge is 0.113 e. The first-order valence-electron chi connectivity index (χ1n) is 4.44. The first-order chi connectivity index (χ1) is 4.79. The lowest BCUT2D eigenvalue weighted by atomic mass is 10.1.